The first-order chi connectivity index (χ1) is 17.0. The van der Waals surface area contributed by atoms with E-state index < -0.39 is 6.04 Å². The lowest BCUT2D eigenvalue weighted by Crippen LogP contribution is -2.32. The maximum absolute atomic E-state index is 12.9. The van der Waals surface area contributed by atoms with E-state index in [1.54, 1.807) is 50.4 Å². The van der Waals surface area contributed by atoms with Crippen LogP contribution in [0.25, 0.3) is 11.1 Å². The van der Waals surface area contributed by atoms with Gasteiger partial charge in [-0.1, -0.05) is 60.7 Å². The number of benzene rings is 4. The van der Waals surface area contributed by atoms with Crippen molar-refractivity contribution in [2.24, 2.45) is 0 Å². The lowest BCUT2D eigenvalue weighted by Gasteiger charge is -2.17. The molecule has 0 heterocycles. The predicted molar refractivity (Wildman–Crippen MR) is 141 cm³/mol. The molecule has 0 aliphatic heterocycles. The van der Waals surface area contributed by atoms with Gasteiger partial charge in [0.25, 0.3) is 5.91 Å². The third kappa shape index (κ3) is 5.86. The third-order valence-corrected chi connectivity index (χ3v) is 5.55. The van der Waals surface area contributed by atoms with Gasteiger partial charge in [0.15, 0.2) is 0 Å². The van der Waals surface area contributed by atoms with E-state index in [9.17, 15) is 9.59 Å². The third-order valence-electron chi connectivity index (χ3n) is 5.55. The van der Waals surface area contributed by atoms with Crippen LogP contribution in [0.2, 0.25) is 0 Å². The molecule has 0 aromatic heterocycles. The lowest BCUT2D eigenvalue weighted by molar-refractivity contribution is -0.116. The molecule has 2 amide bonds. The summed E-state index contributed by atoms with van der Waals surface area (Å²) in [5, 5.41) is 9.06. The minimum Gasteiger partial charge on any atom is -0.495 e. The van der Waals surface area contributed by atoms with E-state index in [0.717, 1.165) is 22.5 Å². The minimum atomic E-state index is -0.493. The number of carbonyl (C=O) groups is 2. The standard InChI is InChI=1S/C29H27N3O3/c1-20(28(33)31-25-13-7-6-12-24(25)21-10-4-3-5-11-21)30-23-18-16-22(17-19-23)29(34)32-26-14-8-9-15-27(26)35-2/h3-20,30H,1-2H3,(H,31,33)(H,32,34)/t20-/m0/s1. The molecule has 0 aliphatic carbocycles. The van der Waals surface area contributed by atoms with Crippen molar-refractivity contribution in [3.63, 3.8) is 0 Å². The maximum atomic E-state index is 12.9. The van der Waals surface area contributed by atoms with Gasteiger partial charge in [0.1, 0.15) is 11.8 Å². The Bertz CT molecular complexity index is 1300. The lowest BCUT2D eigenvalue weighted by atomic mass is 10.0. The molecule has 0 bridgehead atoms. The smallest absolute Gasteiger partial charge is 0.255 e. The van der Waals surface area contributed by atoms with Crippen molar-refractivity contribution in [2.45, 2.75) is 13.0 Å². The number of methoxy groups -OCH3 is 1. The van der Waals surface area contributed by atoms with Crippen molar-refractivity contribution in [1.29, 1.82) is 0 Å². The van der Waals surface area contributed by atoms with Crippen LogP contribution in [0.15, 0.2) is 103 Å². The average molecular weight is 466 g/mol. The molecule has 0 unspecified atom stereocenters. The number of amides is 2. The van der Waals surface area contributed by atoms with E-state index in [4.69, 9.17) is 4.74 Å². The van der Waals surface area contributed by atoms with Crippen molar-refractivity contribution in [1.82, 2.24) is 0 Å². The Morgan fingerprint density at radius 3 is 2.06 bits per heavy atom. The topological polar surface area (TPSA) is 79.5 Å². The van der Waals surface area contributed by atoms with Crippen LogP contribution in [0, 0.1) is 0 Å². The van der Waals surface area contributed by atoms with Crippen LogP contribution in [-0.4, -0.2) is 25.0 Å². The normalized spacial score (nSPS) is 11.3. The summed E-state index contributed by atoms with van der Waals surface area (Å²) in [6.45, 7) is 1.79. The molecule has 3 N–H and O–H groups in total. The molecule has 0 aliphatic rings. The Hall–Kier alpha value is -4.58. The quantitative estimate of drug-likeness (QED) is 0.296. The molecule has 35 heavy (non-hydrogen) atoms. The number of rotatable bonds is 8. The highest BCUT2D eigenvalue weighted by Gasteiger charge is 2.16. The predicted octanol–water partition coefficient (Wildman–Crippen LogP) is 6.05. The molecule has 4 aromatic rings. The second-order valence-corrected chi connectivity index (χ2v) is 8.00. The Balaban J connectivity index is 1.39. The molecule has 4 rings (SSSR count). The number of nitrogens with one attached hydrogen (secondary N) is 3. The van der Waals surface area contributed by atoms with Crippen molar-refractivity contribution < 1.29 is 14.3 Å². The average Bonchev–Trinajstić information content (AvgIpc) is 2.90. The van der Waals surface area contributed by atoms with E-state index >= 15 is 0 Å². The van der Waals surface area contributed by atoms with Crippen LogP contribution >= 0.6 is 0 Å². The summed E-state index contributed by atoms with van der Waals surface area (Å²) in [7, 11) is 1.56. The zero-order valence-corrected chi connectivity index (χ0v) is 19.6. The van der Waals surface area contributed by atoms with Crippen LogP contribution in [0.1, 0.15) is 17.3 Å². The fraction of sp³-hybridized carbons (Fsp3) is 0.103. The van der Waals surface area contributed by atoms with Crippen LogP contribution in [0.4, 0.5) is 17.1 Å². The van der Waals surface area contributed by atoms with Gasteiger partial charge in [-0.3, -0.25) is 9.59 Å². The molecular weight excluding hydrogens is 438 g/mol. The van der Waals surface area contributed by atoms with Gasteiger partial charge in [-0.2, -0.15) is 0 Å². The van der Waals surface area contributed by atoms with Crippen LogP contribution in [-0.2, 0) is 4.79 Å². The van der Waals surface area contributed by atoms with Crippen LogP contribution in [0.5, 0.6) is 5.75 Å². The van der Waals surface area contributed by atoms with Gasteiger partial charge < -0.3 is 20.7 Å². The highest BCUT2D eigenvalue weighted by atomic mass is 16.5. The van der Waals surface area contributed by atoms with Crippen molar-refractivity contribution in [3.8, 4) is 16.9 Å². The Morgan fingerprint density at radius 2 is 1.34 bits per heavy atom. The van der Waals surface area contributed by atoms with Crippen LogP contribution < -0.4 is 20.7 Å². The van der Waals surface area contributed by atoms with Crippen LogP contribution in [0.3, 0.4) is 0 Å². The minimum absolute atomic E-state index is 0.161. The maximum Gasteiger partial charge on any atom is 0.255 e. The highest BCUT2D eigenvalue weighted by molar-refractivity contribution is 6.05. The summed E-state index contributed by atoms with van der Waals surface area (Å²) < 4.78 is 5.28. The van der Waals surface area contributed by atoms with Gasteiger partial charge in [-0.25, -0.2) is 0 Å². The molecule has 0 saturated heterocycles. The van der Waals surface area contributed by atoms with E-state index in [0.29, 0.717) is 17.0 Å². The second kappa shape index (κ2) is 11.0. The first-order valence-corrected chi connectivity index (χ1v) is 11.3. The van der Waals surface area contributed by atoms with Gasteiger partial charge in [-0.05, 0) is 55.0 Å². The number of hydrogen-bond acceptors (Lipinski definition) is 4. The molecule has 1 atom stereocenters. The first kappa shape index (κ1) is 23.6. The fourth-order valence-electron chi connectivity index (χ4n) is 3.68. The fourth-order valence-corrected chi connectivity index (χ4v) is 3.68. The molecule has 0 radical (unpaired) electrons. The number of ether oxygens (including phenoxy) is 1. The summed E-state index contributed by atoms with van der Waals surface area (Å²) in [5.41, 5.74) is 4.57. The number of anilines is 3. The SMILES string of the molecule is COc1ccccc1NC(=O)c1ccc(N[C@@H](C)C(=O)Nc2ccccc2-c2ccccc2)cc1. The molecule has 6 nitrogen and oxygen atoms in total. The van der Waals surface area contributed by atoms with Gasteiger partial charge >= 0.3 is 0 Å². The van der Waals surface area contributed by atoms with E-state index in [2.05, 4.69) is 16.0 Å². The van der Waals surface area contributed by atoms with E-state index in [-0.39, 0.29) is 11.8 Å². The second-order valence-electron chi connectivity index (χ2n) is 8.00. The summed E-state index contributed by atoms with van der Waals surface area (Å²) in [6, 6.07) is 31.4. The molecule has 0 fully saturated rings. The summed E-state index contributed by atoms with van der Waals surface area (Å²) in [6.07, 6.45) is 0. The Morgan fingerprint density at radius 1 is 0.714 bits per heavy atom. The van der Waals surface area contributed by atoms with Crippen molar-refractivity contribution in [3.05, 3.63) is 109 Å². The number of hydrogen-bond donors (Lipinski definition) is 3. The van der Waals surface area contributed by atoms with E-state index in [1.165, 1.54) is 0 Å². The molecule has 6 heteroatoms. The molecule has 0 spiro atoms. The van der Waals surface area contributed by atoms with Gasteiger partial charge in [0, 0.05) is 22.5 Å². The van der Waals surface area contributed by atoms with Crippen molar-refractivity contribution in [2.75, 3.05) is 23.1 Å². The first-order valence-electron chi connectivity index (χ1n) is 11.3. The highest BCUT2D eigenvalue weighted by Crippen LogP contribution is 2.28. The zero-order chi connectivity index (χ0) is 24.6. The largest absolute Gasteiger partial charge is 0.495 e. The molecule has 0 saturated carbocycles. The van der Waals surface area contributed by atoms with Gasteiger partial charge in [-0.15, -0.1) is 0 Å². The Labute approximate surface area is 205 Å². The van der Waals surface area contributed by atoms with Crippen molar-refractivity contribution >= 4 is 28.9 Å². The number of carbonyl (C=O) groups excluding carboxylic acids is 2. The van der Waals surface area contributed by atoms with Gasteiger partial charge in [0.2, 0.25) is 5.91 Å². The summed E-state index contributed by atoms with van der Waals surface area (Å²) in [5.74, 6) is 0.184. The number of para-hydroxylation sites is 3. The molecule has 4 aromatic carbocycles. The van der Waals surface area contributed by atoms with E-state index in [1.807, 2.05) is 66.7 Å². The zero-order valence-electron chi connectivity index (χ0n) is 19.6. The summed E-state index contributed by atoms with van der Waals surface area (Å²) in [4.78, 5) is 25.5. The van der Waals surface area contributed by atoms with Gasteiger partial charge in [0.05, 0.1) is 12.8 Å². The summed E-state index contributed by atoms with van der Waals surface area (Å²) >= 11 is 0. The Kier molecular flexibility index (Phi) is 7.43. The molecule has 176 valence electrons. The molecular formula is C29H27N3O3. The monoisotopic (exact) mass is 465 g/mol.